The number of ether oxygens (including phenoxy) is 1. The molecule has 0 spiro atoms. The van der Waals surface area contributed by atoms with Gasteiger partial charge >= 0.3 is 0 Å². The summed E-state index contributed by atoms with van der Waals surface area (Å²) in [7, 11) is 1.45. The van der Waals surface area contributed by atoms with Crippen LogP contribution in [0.4, 0.5) is 15.8 Å². The van der Waals surface area contributed by atoms with Gasteiger partial charge in [0.05, 0.1) is 18.5 Å². The van der Waals surface area contributed by atoms with E-state index in [-0.39, 0.29) is 5.75 Å². The third kappa shape index (κ3) is 2.35. The Morgan fingerprint density at radius 1 is 1.56 bits per heavy atom. The van der Waals surface area contributed by atoms with Crippen LogP contribution in [0.2, 0.25) is 0 Å². The van der Waals surface area contributed by atoms with Gasteiger partial charge in [0.1, 0.15) is 0 Å². The van der Waals surface area contributed by atoms with Gasteiger partial charge in [0.2, 0.25) is 0 Å². The zero-order chi connectivity index (χ0) is 11.5. The van der Waals surface area contributed by atoms with Crippen molar-refractivity contribution >= 4 is 23.1 Å². The highest BCUT2D eigenvalue weighted by Gasteiger charge is 2.17. The number of hydrogen-bond donors (Lipinski definition) is 2. The Labute approximate surface area is 98.5 Å². The lowest BCUT2D eigenvalue weighted by molar-refractivity contribution is 0.387. The first-order valence-corrected chi connectivity index (χ1v) is 6.33. The molecule has 1 fully saturated rings. The van der Waals surface area contributed by atoms with Gasteiger partial charge in [-0.3, -0.25) is 0 Å². The van der Waals surface area contributed by atoms with E-state index >= 15 is 0 Å². The van der Waals surface area contributed by atoms with E-state index in [1.165, 1.54) is 13.2 Å². The number of hydrogen-bond acceptors (Lipinski definition) is 4. The summed E-state index contributed by atoms with van der Waals surface area (Å²) in [4.78, 5) is 0. The monoisotopic (exact) mass is 242 g/mol. The standard InChI is InChI=1S/C11H15FN2OS/c1-15-11-5-10(9(13)4-8(11)12)14-7-2-3-16-6-7/h4-5,7,14H,2-3,6,13H2,1H3. The first-order chi connectivity index (χ1) is 7.70. The van der Waals surface area contributed by atoms with E-state index in [1.54, 1.807) is 6.07 Å². The van der Waals surface area contributed by atoms with Gasteiger partial charge in [0.25, 0.3) is 0 Å². The second-order valence-corrected chi connectivity index (χ2v) is 4.93. The van der Waals surface area contributed by atoms with Crippen molar-refractivity contribution in [3.05, 3.63) is 17.9 Å². The molecule has 0 saturated carbocycles. The summed E-state index contributed by atoms with van der Waals surface area (Å²) in [5, 5.41) is 3.32. The maximum Gasteiger partial charge on any atom is 0.167 e. The van der Waals surface area contributed by atoms with Crippen molar-refractivity contribution in [2.24, 2.45) is 0 Å². The predicted molar refractivity (Wildman–Crippen MR) is 66.7 cm³/mol. The van der Waals surface area contributed by atoms with Crippen molar-refractivity contribution in [1.29, 1.82) is 0 Å². The first-order valence-electron chi connectivity index (χ1n) is 5.18. The van der Waals surface area contributed by atoms with Crippen molar-refractivity contribution in [1.82, 2.24) is 0 Å². The van der Waals surface area contributed by atoms with Crippen LogP contribution in [0.3, 0.4) is 0 Å². The molecule has 88 valence electrons. The third-order valence-electron chi connectivity index (χ3n) is 2.61. The minimum Gasteiger partial charge on any atom is -0.494 e. The summed E-state index contributed by atoms with van der Waals surface area (Å²) < 4.78 is 18.2. The number of nitrogens with two attached hydrogens (primary N) is 1. The topological polar surface area (TPSA) is 47.3 Å². The van der Waals surface area contributed by atoms with E-state index in [9.17, 15) is 4.39 Å². The normalized spacial score (nSPS) is 19.8. The summed E-state index contributed by atoms with van der Waals surface area (Å²) >= 11 is 1.91. The third-order valence-corrected chi connectivity index (χ3v) is 3.78. The smallest absolute Gasteiger partial charge is 0.167 e. The summed E-state index contributed by atoms with van der Waals surface area (Å²) in [6.45, 7) is 0. The number of halogens is 1. The molecule has 1 aliphatic rings. The highest BCUT2D eigenvalue weighted by Crippen LogP contribution is 2.30. The van der Waals surface area contributed by atoms with Crippen LogP contribution < -0.4 is 15.8 Å². The van der Waals surface area contributed by atoms with Gasteiger partial charge in [-0.1, -0.05) is 0 Å². The van der Waals surface area contributed by atoms with Gasteiger partial charge in [0.15, 0.2) is 11.6 Å². The molecule has 3 N–H and O–H groups in total. The lowest BCUT2D eigenvalue weighted by Gasteiger charge is -2.16. The Hall–Kier alpha value is -1.10. The van der Waals surface area contributed by atoms with Crippen molar-refractivity contribution in [3.63, 3.8) is 0 Å². The minimum absolute atomic E-state index is 0.224. The fourth-order valence-electron chi connectivity index (χ4n) is 1.72. The Morgan fingerprint density at radius 3 is 3.00 bits per heavy atom. The lowest BCUT2D eigenvalue weighted by Crippen LogP contribution is -2.19. The lowest BCUT2D eigenvalue weighted by atomic mass is 10.2. The van der Waals surface area contributed by atoms with E-state index < -0.39 is 5.82 Å². The molecule has 1 aromatic carbocycles. The Balaban J connectivity index is 2.18. The van der Waals surface area contributed by atoms with Gasteiger partial charge in [-0.05, 0) is 12.2 Å². The molecule has 0 aromatic heterocycles. The SMILES string of the molecule is COc1cc(NC2CCSC2)c(N)cc1F. The Bertz CT molecular complexity index is 380. The molecule has 1 heterocycles. The van der Waals surface area contributed by atoms with Gasteiger partial charge in [-0.25, -0.2) is 4.39 Å². The molecular weight excluding hydrogens is 227 g/mol. The van der Waals surface area contributed by atoms with E-state index in [4.69, 9.17) is 10.5 Å². The van der Waals surface area contributed by atoms with E-state index in [0.717, 1.165) is 23.6 Å². The van der Waals surface area contributed by atoms with E-state index in [0.29, 0.717) is 11.7 Å². The molecule has 0 aliphatic carbocycles. The summed E-state index contributed by atoms with van der Waals surface area (Å²) in [5.41, 5.74) is 6.94. The van der Waals surface area contributed by atoms with Crippen LogP contribution in [-0.2, 0) is 0 Å². The molecule has 1 atom stereocenters. The molecule has 3 nitrogen and oxygen atoms in total. The van der Waals surface area contributed by atoms with Crippen molar-refractivity contribution < 1.29 is 9.13 Å². The van der Waals surface area contributed by atoms with E-state index in [2.05, 4.69) is 5.32 Å². The molecule has 0 radical (unpaired) electrons. The number of nitrogens with one attached hydrogen (secondary N) is 1. The van der Waals surface area contributed by atoms with Crippen molar-refractivity contribution in [3.8, 4) is 5.75 Å². The van der Waals surface area contributed by atoms with Gasteiger partial charge in [-0.15, -0.1) is 0 Å². The summed E-state index contributed by atoms with van der Waals surface area (Å²) in [5.74, 6) is 2.03. The second-order valence-electron chi connectivity index (χ2n) is 3.78. The molecule has 5 heteroatoms. The number of thioether (sulfide) groups is 1. The number of methoxy groups -OCH3 is 1. The van der Waals surface area contributed by atoms with Gasteiger partial charge in [-0.2, -0.15) is 11.8 Å². The zero-order valence-corrected chi connectivity index (χ0v) is 9.94. The van der Waals surface area contributed by atoms with Crippen molar-refractivity contribution in [2.45, 2.75) is 12.5 Å². The molecule has 1 saturated heterocycles. The number of rotatable bonds is 3. The molecule has 2 rings (SSSR count). The Morgan fingerprint density at radius 2 is 2.38 bits per heavy atom. The number of benzene rings is 1. The molecule has 16 heavy (non-hydrogen) atoms. The number of nitrogen functional groups attached to an aromatic ring is 1. The highest BCUT2D eigenvalue weighted by molar-refractivity contribution is 7.99. The molecule has 1 unspecified atom stereocenters. The second kappa shape index (κ2) is 4.82. The molecule has 1 aliphatic heterocycles. The van der Waals surface area contributed by atoms with Crippen molar-refractivity contribution in [2.75, 3.05) is 29.7 Å². The maximum atomic E-state index is 13.3. The fourth-order valence-corrected chi connectivity index (χ4v) is 2.87. The summed E-state index contributed by atoms with van der Waals surface area (Å²) in [6.07, 6.45) is 1.11. The Kier molecular flexibility index (Phi) is 3.43. The molecule has 1 aromatic rings. The van der Waals surface area contributed by atoms with Crippen LogP contribution in [0.1, 0.15) is 6.42 Å². The number of anilines is 2. The first kappa shape index (κ1) is 11.4. The van der Waals surface area contributed by atoms with Crippen LogP contribution in [0.5, 0.6) is 5.75 Å². The highest BCUT2D eigenvalue weighted by atomic mass is 32.2. The average Bonchev–Trinajstić information content (AvgIpc) is 2.75. The largest absolute Gasteiger partial charge is 0.494 e. The van der Waals surface area contributed by atoms with Gasteiger partial charge < -0.3 is 15.8 Å². The van der Waals surface area contributed by atoms with Crippen LogP contribution in [0.25, 0.3) is 0 Å². The van der Waals surface area contributed by atoms with Gasteiger partial charge in [0, 0.05) is 23.9 Å². The van der Waals surface area contributed by atoms with Crippen LogP contribution >= 0.6 is 11.8 Å². The predicted octanol–water partition coefficient (Wildman–Crippen LogP) is 2.33. The molecule has 0 bridgehead atoms. The fraction of sp³-hybridized carbons (Fsp3) is 0.455. The molecule has 0 amide bonds. The maximum absolute atomic E-state index is 13.3. The quantitative estimate of drug-likeness (QED) is 0.799. The van der Waals surface area contributed by atoms with Crippen LogP contribution in [0.15, 0.2) is 12.1 Å². The minimum atomic E-state index is -0.425. The summed E-state index contributed by atoms with van der Waals surface area (Å²) in [6, 6.07) is 3.33. The zero-order valence-electron chi connectivity index (χ0n) is 9.13. The molecular formula is C11H15FN2OS. The van der Waals surface area contributed by atoms with Crippen LogP contribution in [0, 0.1) is 5.82 Å². The average molecular weight is 242 g/mol. The van der Waals surface area contributed by atoms with Crippen LogP contribution in [-0.4, -0.2) is 24.7 Å². The van der Waals surface area contributed by atoms with E-state index in [1.807, 2.05) is 11.8 Å².